The molecule has 1 saturated carbocycles. The van der Waals surface area contributed by atoms with Gasteiger partial charge in [0.05, 0.1) is 5.75 Å². The van der Waals surface area contributed by atoms with Gasteiger partial charge in [0.25, 0.3) is 0 Å². The highest BCUT2D eigenvalue weighted by atomic mass is 32.2. The molecule has 2 aromatic rings. The van der Waals surface area contributed by atoms with Gasteiger partial charge in [0.15, 0.2) is 0 Å². The number of nitrogens with zero attached hydrogens (tertiary/aromatic N) is 2. The fourth-order valence-electron chi connectivity index (χ4n) is 3.67. The number of rotatable bonds is 4. The van der Waals surface area contributed by atoms with Crippen LogP contribution in [0.3, 0.4) is 0 Å². The zero-order valence-corrected chi connectivity index (χ0v) is 16.7. The third-order valence-corrected chi connectivity index (χ3v) is 7.56. The Balaban J connectivity index is 1.77. The van der Waals surface area contributed by atoms with E-state index >= 15 is 0 Å². The van der Waals surface area contributed by atoms with Crippen LogP contribution in [-0.2, 0) is 17.6 Å². The van der Waals surface area contributed by atoms with E-state index in [2.05, 4.69) is 20.8 Å². The average molecular weight is 376 g/mol. The molecule has 2 aromatic heterocycles. The maximum atomic E-state index is 11.3. The summed E-state index contributed by atoms with van der Waals surface area (Å²) in [5.41, 5.74) is 7.13. The Morgan fingerprint density at radius 2 is 2.04 bits per heavy atom. The number of amides is 1. The minimum atomic E-state index is -0.290. The summed E-state index contributed by atoms with van der Waals surface area (Å²) >= 11 is 3.33. The van der Waals surface area contributed by atoms with Crippen LogP contribution in [0.2, 0.25) is 0 Å². The number of carbonyl (C=O) groups excluding carboxylic acids is 1. The van der Waals surface area contributed by atoms with Gasteiger partial charge in [0.2, 0.25) is 5.91 Å². The van der Waals surface area contributed by atoms with E-state index in [9.17, 15) is 4.79 Å². The molecule has 0 radical (unpaired) electrons. The fourth-order valence-corrected chi connectivity index (χ4v) is 5.84. The van der Waals surface area contributed by atoms with Gasteiger partial charge in [0.1, 0.15) is 15.7 Å². The molecule has 4 nitrogen and oxygen atoms in total. The van der Waals surface area contributed by atoms with E-state index in [1.807, 2.05) is 11.3 Å². The molecule has 134 valence electrons. The lowest BCUT2D eigenvalue weighted by Gasteiger charge is -2.33. The second-order valence-electron chi connectivity index (χ2n) is 8.41. The summed E-state index contributed by atoms with van der Waals surface area (Å²) in [6, 6.07) is 0. The molecule has 2 aliphatic rings. The van der Waals surface area contributed by atoms with Crippen molar-refractivity contribution in [1.82, 2.24) is 9.97 Å². The summed E-state index contributed by atoms with van der Waals surface area (Å²) in [5, 5.41) is 2.17. The number of thioether (sulfide) groups is 1. The van der Waals surface area contributed by atoms with E-state index in [-0.39, 0.29) is 11.7 Å². The molecule has 0 spiro atoms. The standard InChI is InChI=1S/C19H25N3OS2/c1-19(2,3)11-6-7-12-13(8-11)25-18-15(12)17(24-9-14(20)23)21-16(22-18)10-4-5-10/h10-11H,4-9H2,1-3H3,(H2,20,23)/t11-/m0/s1. The molecule has 1 atom stereocenters. The number of aryl methyl sites for hydroxylation is 1. The Kier molecular flexibility index (Phi) is 4.31. The van der Waals surface area contributed by atoms with E-state index in [1.54, 1.807) is 0 Å². The predicted octanol–water partition coefficient (Wildman–Crippen LogP) is 4.30. The summed E-state index contributed by atoms with van der Waals surface area (Å²) < 4.78 is 0. The van der Waals surface area contributed by atoms with Crippen LogP contribution in [0, 0.1) is 11.3 Å². The molecule has 2 heterocycles. The fraction of sp³-hybridized carbons (Fsp3) is 0.632. The molecule has 0 aliphatic heterocycles. The van der Waals surface area contributed by atoms with Crippen molar-refractivity contribution in [1.29, 1.82) is 0 Å². The van der Waals surface area contributed by atoms with E-state index in [0.29, 0.717) is 17.3 Å². The van der Waals surface area contributed by atoms with Gasteiger partial charge in [-0.15, -0.1) is 11.3 Å². The molecular formula is C19H25N3OS2. The van der Waals surface area contributed by atoms with Crippen molar-refractivity contribution in [3.8, 4) is 0 Å². The minimum Gasteiger partial charge on any atom is -0.369 e. The van der Waals surface area contributed by atoms with Gasteiger partial charge < -0.3 is 5.73 Å². The van der Waals surface area contributed by atoms with Gasteiger partial charge >= 0.3 is 0 Å². The van der Waals surface area contributed by atoms with Crippen LogP contribution in [0.1, 0.15) is 62.2 Å². The van der Waals surface area contributed by atoms with Crippen LogP contribution < -0.4 is 5.73 Å². The molecule has 25 heavy (non-hydrogen) atoms. The molecule has 1 amide bonds. The number of carbonyl (C=O) groups is 1. The number of nitrogens with two attached hydrogens (primary N) is 1. The smallest absolute Gasteiger partial charge is 0.227 e. The Bertz CT molecular complexity index is 833. The highest BCUT2D eigenvalue weighted by Gasteiger charge is 2.33. The molecule has 2 N–H and O–H groups in total. The number of fused-ring (bicyclic) bond motifs is 3. The maximum absolute atomic E-state index is 11.3. The molecule has 0 saturated heterocycles. The van der Waals surface area contributed by atoms with Crippen LogP contribution in [0.4, 0.5) is 0 Å². The van der Waals surface area contributed by atoms with E-state index in [0.717, 1.165) is 28.5 Å². The zero-order valence-electron chi connectivity index (χ0n) is 15.1. The molecule has 0 aromatic carbocycles. The summed E-state index contributed by atoms with van der Waals surface area (Å²) in [4.78, 5) is 23.6. The molecule has 2 aliphatic carbocycles. The lowest BCUT2D eigenvalue weighted by atomic mass is 9.72. The largest absolute Gasteiger partial charge is 0.369 e. The SMILES string of the molecule is CC(C)(C)[C@H]1CCc2c(sc3nc(C4CC4)nc(SCC(N)=O)c23)C1. The van der Waals surface area contributed by atoms with Gasteiger partial charge in [0, 0.05) is 16.2 Å². The first-order valence-corrected chi connectivity index (χ1v) is 10.9. The topological polar surface area (TPSA) is 68.9 Å². The van der Waals surface area contributed by atoms with Crippen molar-refractivity contribution in [2.45, 2.75) is 63.8 Å². The van der Waals surface area contributed by atoms with Crippen molar-refractivity contribution >= 4 is 39.2 Å². The molecule has 0 unspecified atom stereocenters. The van der Waals surface area contributed by atoms with E-state index < -0.39 is 0 Å². The third-order valence-electron chi connectivity index (χ3n) is 5.41. The Hall–Kier alpha value is -1.14. The Labute approximate surface area is 157 Å². The number of hydrogen-bond donors (Lipinski definition) is 1. The average Bonchev–Trinajstić information content (AvgIpc) is 3.31. The molecule has 0 bridgehead atoms. The van der Waals surface area contributed by atoms with Gasteiger partial charge in [-0.1, -0.05) is 32.5 Å². The predicted molar refractivity (Wildman–Crippen MR) is 104 cm³/mol. The first kappa shape index (κ1) is 17.3. The summed E-state index contributed by atoms with van der Waals surface area (Å²) in [6.07, 6.45) is 5.81. The molecule has 1 fully saturated rings. The van der Waals surface area contributed by atoms with E-state index in [1.165, 1.54) is 46.9 Å². The number of primary amides is 1. The quantitative estimate of drug-likeness (QED) is 0.639. The zero-order chi connectivity index (χ0) is 17.8. The summed E-state index contributed by atoms with van der Waals surface area (Å²) in [5.74, 6) is 2.18. The van der Waals surface area contributed by atoms with Gasteiger partial charge in [-0.25, -0.2) is 9.97 Å². The first-order chi connectivity index (χ1) is 11.8. The van der Waals surface area contributed by atoms with Crippen molar-refractivity contribution in [2.75, 3.05) is 5.75 Å². The van der Waals surface area contributed by atoms with Gasteiger partial charge in [-0.2, -0.15) is 0 Å². The number of thiophene rings is 1. The van der Waals surface area contributed by atoms with Crippen LogP contribution in [-0.4, -0.2) is 21.6 Å². The molecular weight excluding hydrogens is 350 g/mol. The lowest BCUT2D eigenvalue weighted by molar-refractivity contribution is -0.115. The number of hydrogen-bond acceptors (Lipinski definition) is 5. The normalized spacial score (nSPS) is 20.7. The highest BCUT2D eigenvalue weighted by molar-refractivity contribution is 8.00. The number of aromatic nitrogens is 2. The Morgan fingerprint density at radius 1 is 1.28 bits per heavy atom. The van der Waals surface area contributed by atoms with Gasteiger partial charge in [-0.05, 0) is 49.0 Å². The van der Waals surface area contributed by atoms with Crippen molar-refractivity contribution < 1.29 is 4.79 Å². The summed E-state index contributed by atoms with van der Waals surface area (Å²) in [6.45, 7) is 7.03. The Morgan fingerprint density at radius 3 is 2.68 bits per heavy atom. The van der Waals surface area contributed by atoms with Crippen LogP contribution in [0.5, 0.6) is 0 Å². The van der Waals surface area contributed by atoms with Crippen molar-refractivity contribution in [2.24, 2.45) is 17.1 Å². The highest BCUT2D eigenvalue weighted by Crippen LogP contribution is 2.46. The third kappa shape index (κ3) is 3.43. The second kappa shape index (κ2) is 6.23. The van der Waals surface area contributed by atoms with Crippen molar-refractivity contribution in [3.05, 3.63) is 16.3 Å². The van der Waals surface area contributed by atoms with Crippen molar-refractivity contribution in [3.63, 3.8) is 0 Å². The maximum Gasteiger partial charge on any atom is 0.227 e. The van der Waals surface area contributed by atoms with Crippen LogP contribution in [0.15, 0.2) is 5.03 Å². The van der Waals surface area contributed by atoms with E-state index in [4.69, 9.17) is 15.7 Å². The van der Waals surface area contributed by atoms with Crippen LogP contribution in [0.25, 0.3) is 10.2 Å². The lowest BCUT2D eigenvalue weighted by Crippen LogP contribution is -2.26. The van der Waals surface area contributed by atoms with Gasteiger partial charge in [-0.3, -0.25) is 4.79 Å². The summed E-state index contributed by atoms with van der Waals surface area (Å²) in [7, 11) is 0. The monoisotopic (exact) mass is 375 g/mol. The second-order valence-corrected chi connectivity index (χ2v) is 10.5. The first-order valence-electron chi connectivity index (χ1n) is 9.06. The molecule has 6 heteroatoms. The van der Waals surface area contributed by atoms with Crippen LogP contribution >= 0.6 is 23.1 Å². The minimum absolute atomic E-state index is 0.283. The molecule has 4 rings (SSSR count).